The molecule has 0 amide bonds. The Morgan fingerprint density at radius 2 is 1.62 bits per heavy atom. The number of carbonyl (C=O) groups is 2. The minimum atomic E-state index is -1.02. The number of aromatic amines is 1. The number of nitrogens with one attached hydrogen (secondary N) is 1. The predicted octanol–water partition coefficient (Wildman–Crippen LogP) is 1.67. The van der Waals surface area contributed by atoms with Gasteiger partial charge in [-0.05, 0) is 16.7 Å². The molecule has 0 aliphatic heterocycles. The van der Waals surface area contributed by atoms with E-state index >= 15 is 0 Å². The first kappa shape index (κ1) is 26.8. The van der Waals surface area contributed by atoms with Crippen molar-refractivity contribution in [3.63, 3.8) is 0 Å². The third-order valence-corrected chi connectivity index (χ3v) is 7.09. The number of H-pyrrole nitrogens is 1. The minimum Gasteiger partial charge on any atom is -0.463 e. The van der Waals surface area contributed by atoms with Crippen molar-refractivity contribution in [1.82, 2.24) is 19.5 Å². The average Bonchev–Trinajstić information content (AvgIpc) is 3.52. The molecule has 12 heteroatoms. The summed E-state index contributed by atoms with van der Waals surface area (Å²) in [5, 5.41) is 0. The molecule has 0 saturated heterocycles. The van der Waals surface area contributed by atoms with Gasteiger partial charge in [0.15, 0.2) is 11.2 Å². The number of carbonyl (C=O) groups excluding carboxylic acids is 2. The zero-order valence-corrected chi connectivity index (χ0v) is 21.5. The second-order valence-electron chi connectivity index (χ2n) is 9.59. The number of rotatable bonds is 8. The van der Waals surface area contributed by atoms with Crippen LogP contribution in [0.3, 0.4) is 0 Å². The van der Waals surface area contributed by atoms with Crippen LogP contribution in [0.1, 0.15) is 35.7 Å². The van der Waals surface area contributed by atoms with E-state index in [0.29, 0.717) is 16.7 Å². The zero-order valence-electron chi connectivity index (χ0n) is 21.5. The van der Waals surface area contributed by atoms with Gasteiger partial charge in [0.1, 0.15) is 24.8 Å². The van der Waals surface area contributed by atoms with E-state index in [-0.39, 0.29) is 30.1 Å². The Balaban J connectivity index is 1.40. The first-order valence-electron chi connectivity index (χ1n) is 12.6. The van der Waals surface area contributed by atoms with Gasteiger partial charge in [0.05, 0.1) is 18.3 Å². The van der Waals surface area contributed by atoms with Gasteiger partial charge in [-0.3, -0.25) is 9.78 Å². The normalized spacial score (nSPS) is 20.2. The number of nitrogens with zero attached hydrogens (tertiary/aromatic N) is 3. The van der Waals surface area contributed by atoms with E-state index in [1.165, 1.54) is 6.33 Å². The SMILES string of the molecule is C=C1[C@H](COC(=O)[C@H](N)c2ccccc2)[C@@H](OC(=O)[C@H](N)c2ccccc2)C[C@@H]1n1cnc2c(=O)[nH]c(N)nc21. The maximum Gasteiger partial charge on any atom is 0.327 e. The topological polar surface area (TPSA) is 194 Å². The van der Waals surface area contributed by atoms with Crippen molar-refractivity contribution >= 4 is 29.1 Å². The smallest absolute Gasteiger partial charge is 0.327 e. The summed E-state index contributed by atoms with van der Waals surface area (Å²) >= 11 is 0. The maximum atomic E-state index is 13.1. The number of nitrogen functional groups attached to an aromatic ring is 1. The number of esters is 2. The van der Waals surface area contributed by atoms with Crippen molar-refractivity contribution < 1.29 is 19.1 Å². The van der Waals surface area contributed by atoms with Gasteiger partial charge in [-0.1, -0.05) is 67.2 Å². The molecule has 2 aromatic carbocycles. The van der Waals surface area contributed by atoms with E-state index in [4.69, 9.17) is 26.7 Å². The molecule has 1 aliphatic carbocycles. The summed E-state index contributed by atoms with van der Waals surface area (Å²) in [4.78, 5) is 49.0. The van der Waals surface area contributed by atoms with Crippen LogP contribution in [0, 0.1) is 5.92 Å². The van der Waals surface area contributed by atoms with Gasteiger partial charge in [-0.2, -0.15) is 4.98 Å². The number of hydrogen-bond acceptors (Lipinski definition) is 10. The van der Waals surface area contributed by atoms with E-state index in [9.17, 15) is 14.4 Å². The molecule has 0 spiro atoms. The molecular formula is C28H29N7O5. The van der Waals surface area contributed by atoms with Crippen LogP contribution in [-0.4, -0.2) is 44.2 Å². The highest BCUT2D eigenvalue weighted by atomic mass is 16.6. The van der Waals surface area contributed by atoms with Gasteiger partial charge in [0, 0.05) is 6.42 Å². The number of imidazole rings is 1. The molecule has 12 nitrogen and oxygen atoms in total. The molecule has 2 heterocycles. The number of hydrogen-bond donors (Lipinski definition) is 4. The Morgan fingerprint density at radius 3 is 2.25 bits per heavy atom. The number of anilines is 1. The van der Waals surface area contributed by atoms with Gasteiger partial charge < -0.3 is 31.2 Å². The lowest BCUT2D eigenvalue weighted by Gasteiger charge is -2.23. The number of aromatic nitrogens is 4. The van der Waals surface area contributed by atoms with E-state index in [1.807, 2.05) is 12.1 Å². The quantitative estimate of drug-likeness (QED) is 0.187. The van der Waals surface area contributed by atoms with Crippen molar-refractivity contribution in [2.45, 2.75) is 30.7 Å². The van der Waals surface area contributed by atoms with Gasteiger partial charge in [0.2, 0.25) is 5.95 Å². The molecule has 0 unspecified atom stereocenters. The predicted molar refractivity (Wildman–Crippen MR) is 146 cm³/mol. The summed E-state index contributed by atoms with van der Waals surface area (Å²) in [5.74, 6) is -1.94. The molecule has 206 valence electrons. The fraction of sp³-hybridized carbons (Fsp3) is 0.250. The Hall–Kier alpha value is -4.81. The summed E-state index contributed by atoms with van der Waals surface area (Å²) < 4.78 is 13.1. The van der Waals surface area contributed by atoms with Crippen molar-refractivity contribution in [3.8, 4) is 0 Å². The Morgan fingerprint density at radius 1 is 1.02 bits per heavy atom. The minimum absolute atomic E-state index is 0.0694. The van der Waals surface area contributed by atoms with Crippen LogP contribution >= 0.6 is 0 Å². The summed E-state index contributed by atoms with van der Waals surface area (Å²) in [6.45, 7) is 4.08. The Labute approximate surface area is 228 Å². The van der Waals surface area contributed by atoms with Crippen molar-refractivity contribution in [2.75, 3.05) is 12.3 Å². The second-order valence-corrected chi connectivity index (χ2v) is 9.59. The Kier molecular flexibility index (Phi) is 7.45. The number of fused-ring (bicyclic) bond motifs is 1. The van der Waals surface area contributed by atoms with Crippen molar-refractivity contribution in [3.05, 3.63) is 101 Å². The lowest BCUT2D eigenvalue weighted by Crippen LogP contribution is -2.33. The van der Waals surface area contributed by atoms with Gasteiger partial charge in [-0.15, -0.1) is 0 Å². The number of ether oxygens (including phenoxy) is 2. The summed E-state index contributed by atoms with van der Waals surface area (Å²) in [7, 11) is 0. The molecule has 7 N–H and O–H groups in total. The van der Waals surface area contributed by atoms with Gasteiger partial charge >= 0.3 is 11.9 Å². The molecular weight excluding hydrogens is 514 g/mol. The van der Waals surface area contributed by atoms with E-state index in [0.717, 1.165) is 0 Å². The van der Waals surface area contributed by atoms with Crippen LogP contribution < -0.4 is 22.8 Å². The molecule has 2 aromatic heterocycles. The van der Waals surface area contributed by atoms with E-state index in [1.54, 1.807) is 53.1 Å². The number of nitrogens with two attached hydrogens (primary N) is 3. The highest BCUT2D eigenvalue weighted by Crippen LogP contribution is 2.42. The van der Waals surface area contributed by atoms with Gasteiger partial charge in [-0.25, -0.2) is 14.6 Å². The molecule has 1 fully saturated rings. The van der Waals surface area contributed by atoms with Crippen LogP contribution in [0.5, 0.6) is 0 Å². The third-order valence-electron chi connectivity index (χ3n) is 7.09. The summed E-state index contributed by atoms with van der Waals surface area (Å²) in [6.07, 6.45) is 0.951. The van der Waals surface area contributed by atoms with Crippen LogP contribution in [0.25, 0.3) is 11.2 Å². The first-order valence-corrected chi connectivity index (χ1v) is 12.6. The van der Waals surface area contributed by atoms with Gasteiger partial charge in [0.25, 0.3) is 5.56 Å². The molecule has 1 aliphatic rings. The average molecular weight is 544 g/mol. The largest absolute Gasteiger partial charge is 0.463 e. The zero-order chi connectivity index (χ0) is 28.4. The molecule has 40 heavy (non-hydrogen) atoms. The molecule has 0 bridgehead atoms. The molecule has 0 radical (unpaired) electrons. The second kappa shape index (κ2) is 11.1. The highest BCUT2D eigenvalue weighted by molar-refractivity contribution is 5.78. The van der Waals surface area contributed by atoms with E-state index < -0.39 is 47.6 Å². The van der Waals surface area contributed by atoms with E-state index in [2.05, 4.69) is 21.5 Å². The van der Waals surface area contributed by atoms with Crippen LogP contribution in [0.2, 0.25) is 0 Å². The number of benzene rings is 2. The summed E-state index contributed by atoms with van der Waals surface area (Å²) in [5.41, 5.74) is 19.7. The lowest BCUT2D eigenvalue weighted by molar-refractivity contribution is -0.155. The first-order chi connectivity index (χ1) is 19.2. The molecule has 5 rings (SSSR count). The highest BCUT2D eigenvalue weighted by Gasteiger charge is 2.43. The van der Waals surface area contributed by atoms with Crippen LogP contribution in [0.15, 0.2) is 83.9 Å². The van der Waals surface area contributed by atoms with Crippen molar-refractivity contribution in [2.24, 2.45) is 17.4 Å². The Bertz CT molecular complexity index is 1600. The maximum absolute atomic E-state index is 13.1. The molecule has 4 aromatic rings. The standard InChI is InChI=1S/C28H29N7O5/c1-15-18(13-39-26(37)21(29)16-8-4-2-5-9-16)20(40-27(38)22(30)17-10-6-3-7-11-17)12-19(15)35-14-32-23-24(35)33-28(31)34-25(23)36/h2-11,14,18-22H,1,12-13,29-30H2,(H3,31,33,34,36)/t18-,19-,20-,21+,22+/m0/s1. The molecule has 1 saturated carbocycles. The summed E-state index contributed by atoms with van der Waals surface area (Å²) in [6, 6.07) is 15.2. The fourth-order valence-electron chi connectivity index (χ4n) is 4.91. The van der Waals surface area contributed by atoms with Crippen LogP contribution in [-0.2, 0) is 19.1 Å². The third kappa shape index (κ3) is 5.22. The monoisotopic (exact) mass is 543 g/mol. The fourth-order valence-corrected chi connectivity index (χ4v) is 4.91. The van der Waals surface area contributed by atoms with Crippen molar-refractivity contribution in [1.29, 1.82) is 0 Å². The van der Waals surface area contributed by atoms with Crippen LogP contribution in [0.4, 0.5) is 5.95 Å². The molecule has 5 atom stereocenters. The lowest BCUT2D eigenvalue weighted by atomic mass is 10.0.